The van der Waals surface area contributed by atoms with Gasteiger partial charge in [0.25, 0.3) is 0 Å². The van der Waals surface area contributed by atoms with Crippen LogP contribution in [0.5, 0.6) is 0 Å². The summed E-state index contributed by atoms with van der Waals surface area (Å²) in [4.78, 5) is 4.04. The molecule has 1 aromatic heterocycles. The molecule has 0 spiro atoms. The van der Waals surface area contributed by atoms with Gasteiger partial charge in [-0.25, -0.2) is 4.98 Å². The standard InChI is InChI=1S/C9H12N2O/c1-11-7-6-10-9(11)5-3-2-4-8-12/h6-7,12H,2,4,8H2,1H3. The van der Waals surface area contributed by atoms with Gasteiger partial charge in [-0.05, 0) is 12.3 Å². The van der Waals surface area contributed by atoms with E-state index in [1.165, 1.54) is 0 Å². The maximum atomic E-state index is 8.49. The van der Waals surface area contributed by atoms with Crippen LogP contribution in [0.2, 0.25) is 0 Å². The Morgan fingerprint density at radius 3 is 3.08 bits per heavy atom. The van der Waals surface area contributed by atoms with Crippen molar-refractivity contribution in [3.8, 4) is 11.8 Å². The van der Waals surface area contributed by atoms with E-state index in [-0.39, 0.29) is 6.61 Å². The third-order valence-corrected chi connectivity index (χ3v) is 1.48. The van der Waals surface area contributed by atoms with Crippen molar-refractivity contribution in [3.63, 3.8) is 0 Å². The van der Waals surface area contributed by atoms with Gasteiger partial charge in [0.05, 0.1) is 0 Å². The quantitative estimate of drug-likeness (QED) is 0.512. The zero-order valence-corrected chi connectivity index (χ0v) is 7.12. The molecule has 0 fully saturated rings. The Kier molecular flexibility index (Phi) is 3.36. The fourth-order valence-corrected chi connectivity index (χ4v) is 0.795. The van der Waals surface area contributed by atoms with E-state index in [1.54, 1.807) is 6.20 Å². The number of aromatic nitrogens is 2. The lowest BCUT2D eigenvalue weighted by molar-refractivity contribution is 0.290. The first-order valence-electron chi connectivity index (χ1n) is 3.91. The lowest BCUT2D eigenvalue weighted by Gasteiger charge is -1.89. The van der Waals surface area contributed by atoms with E-state index < -0.39 is 0 Å². The highest BCUT2D eigenvalue weighted by Gasteiger charge is 1.90. The molecule has 3 heteroatoms. The van der Waals surface area contributed by atoms with Gasteiger partial charge in [0.2, 0.25) is 0 Å². The fourth-order valence-electron chi connectivity index (χ4n) is 0.795. The second kappa shape index (κ2) is 4.58. The molecule has 0 saturated heterocycles. The maximum Gasteiger partial charge on any atom is 0.185 e. The summed E-state index contributed by atoms with van der Waals surface area (Å²) >= 11 is 0. The zero-order valence-electron chi connectivity index (χ0n) is 7.12. The minimum absolute atomic E-state index is 0.204. The van der Waals surface area contributed by atoms with Crippen molar-refractivity contribution in [2.75, 3.05) is 6.61 Å². The maximum absolute atomic E-state index is 8.49. The van der Waals surface area contributed by atoms with Gasteiger partial charge >= 0.3 is 0 Å². The number of rotatable bonds is 2. The van der Waals surface area contributed by atoms with Gasteiger partial charge in [-0.3, -0.25) is 0 Å². The summed E-state index contributed by atoms with van der Waals surface area (Å²) in [6.45, 7) is 0.204. The highest BCUT2D eigenvalue weighted by atomic mass is 16.2. The summed E-state index contributed by atoms with van der Waals surface area (Å²) in [6, 6.07) is 0. The monoisotopic (exact) mass is 164 g/mol. The number of aliphatic hydroxyl groups excluding tert-OH is 1. The largest absolute Gasteiger partial charge is 0.396 e. The number of aliphatic hydroxyl groups is 1. The topological polar surface area (TPSA) is 38.0 Å². The van der Waals surface area contributed by atoms with E-state index >= 15 is 0 Å². The first kappa shape index (κ1) is 8.82. The second-order valence-corrected chi connectivity index (χ2v) is 2.49. The molecule has 1 heterocycles. The van der Waals surface area contributed by atoms with Crippen molar-refractivity contribution in [1.29, 1.82) is 0 Å². The van der Waals surface area contributed by atoms with Gasteiger partial charge in [0.15, 0.2) is 5.82 Å². The summed E-state index contributed by atoms with van der Waals surface area (Å²) in [5, 5.41) is 8.49. The van der Waals surface area contributed by atoms with Gasteiger partial charge in [-0.2, -0.15) is 0 Å². The molecule has 0 aliphatic carbocycles. The van der Waals surface area contributed by atoms with Crippen molar-refractivity contribution in [2.24, 2.45) is 7.05 Å². The van der Waals surface area contributed by atoms with Crippen molar-refractivity contribution >= 4 is 0 Å². The molecule has 0 amide bonds. The second-order valence-electron chi connectivity index (χ2n) is 2.49. The molecule has 0 aliphatic rings. The Morgan fingerprint density at radius 2 is 2.50 bits per heavy atom. The Hall–Kier alpha value is -1.27. The van der Waals surface area contributed by atoms with E-state index in [9.17, 15) is 0 Å². The first-order chi connectivity index (χ1) is 5.84. The van der Waals surface area contributed by atoms with E-state index in [4.69, 9.17) is 5.11 Å². The third kappa shape index (κ3) is 2.40. The molecular formula is C9H12N2O. The molecule has 64 valence electrons. The molecule has 12 heavy (non-hydrogen) atoms. The summed E-state index contributed by atoms with van der Waals surface area (Å²) in [7, 11) is 1.91. The van der Waals surface area contributed by atoms with Crippen LogP contribution in [0, 0.1) is 11.8 Å². The zero-order chi connectivity index (χ0) is 8.81. The van der Waals surface area contributed by atoms with Crippen LogP contribution in [-0.4, -0.2) is 21.3 Å². The molecule has 0 aromatic carbocycles. The Labute approximate surface area is 72.1 Å². The van der Waals surface area contributed by atoms with Gasteiger partial charge in [0, 0.05) is 32.5 Å². The van der Waals surface area contributed by atoms with E-state index in [0.29, 0.717) is 0 Å². The minimum Gasteiger partial charge on any atom is -0.396 e. The number of nitrogens with zero attached hydrogens (tertiary/aromatic N) is 2. The molecule has 3 nitrogen and oxygen atoms in total. The van der Waals surface area contributed by atoms with Crippen molar-refractivity contribution < 1.29 is 5.11 Å². The lowest BCUT2D eigenvalue weighted by Crippen LogP contribution is -1.90. The van der Waals surface area contributed by atoms with Gasteiger partial charge < -0.3 is 9.67 Å². The van der Waals surface area contributed by atoms with Crippen molar-refractivity contribution in [1.82, 2.24) is 9.55 Å². The summed E-state index contributed by atoms with van der Waals surface area (Å²) < 4.78 is 1.87. The highest BCUT2D eigenvalue weighted by molar-refractivity contribution is 5.21. The summed E-state index contributed by atoms with van der Waals surface area (Å²) in [5.74, 6) is 6.63. The number of unbranched alkanes of at least 4 members (excludes halogenated alkanes) is 1. The average molecular weight is 164 g/mol. The number of imidazole rings is 1. The van der Waals surface area contributed by atoms with Crippen LogP contribution in [0.15, 0.2) is 12.4 Å². The van der Waals surface area contributed by atoms with Crippen LogP contribution >= 0.6 is 0 Å². The average Bonchev–Trinajstić information content (AvgIpc) is 2.46. The summed E-state index contributed by atoms with van der Waals surface area (Å²) in [5.41, 5.74) is 0. The molecule has 0 aliphatic heterocycles. The highest BCUT2D eigenvalue weighted by Crippen LogP contribution is 1.91. The van der Waals surface area contributed by atoms with E-state index in [2.05, 4.69) is 16.8 Å². The van der Waals surface area contributed by atoms with Crippen LogP contribution in [0.1, 0.15) is 18.7 Å². The van der Waals surface area contributed by atoms with Gasteiger partial charge in [-0.1, -0.05) is 5.92 Å². The molecule has 1 N–H and O–H groups in total. The molecule has 0 unspecified atom stereocenters. The van der Waals surface area contributed by atoms with Crippen LogP contribution in [0.25, 0.3) is 0 Å². The van der Waals surface area contributed by atoms with Crippen molar-refractivity contribution in [2.45, 2.75) is 12.8 Å². The first-order valence-corrected chi connectivity index (χ1v) is 3.91. The molecular weight excluding hydrogens is 152 g/mol. The normalized spacial score (nSPS) is 9.17. The fraction of sp³-hybridized carbons (Fsp3) is 0.444. The molecule has 1 aromatic rings. The van der Waals surface area contributed by atoms with Gasteiger partial charge in [0.1, 0.15) is 0 Å². The predicted octanol–water partition coefficient (Wildman–Crippen LogP) is 0.544. The molecule has 0 saturated carbocycles. The van der Waals surface area contributed by atoms with Crippen LogP contribution in [0.4, 0.5) is 0 Å². The van der Waals surface area contributed by atoms with Crippen LogP contribution in [0.3, 0.4) is 0 Å². The minimum atomic E-state index is 0.204. The molecule has 0 radical (unpaired) electrons. The van der Waals surface area contributed by atoms with E-state index in [1.807, 2.05) is 17.8 Å². The molecule has 1 rings (SSSR count). The number of hydrogen-bond acceptors (Lipinski definition) is 2. The van der Waals surface area contributed by atoms with E-state index in [0.717, 1.165) is 18.7 Å². The van der Waals surface area contributed by atoms with Crippen molar-refractivity contribution in [3.05, 3.63) is 18.2 Å². The Balaban J connectivity index is 2.49. The number of aryl methyl sites for hydroxylation is 1. The molecule has 0 bridgehead atoms. The van der Waals surface area contributed by atoms with Crippen LogP contribution < -0.4 is 0 Å². The predicted molar refractivity (Wildman–Crippen MR) is 46.4 cm³/mol. The van der Waals surface area contributed by atoms with Gasteiger partial charge in [-0.15, -0.1) is 0 Å². The Morgan fingerprint density at radius 1 is 1.67 bits per heavy atom. The SMILES string of the molecule is Cn1ccnc1C#CCCCO. The number of hydrogen-bond donors (Lipinski definition) is 1. The smallest absolute Gasteiger partial charge is 0.185 e. The van der Waals surface area contributed by atoms with Crippen LogP contribution in [-0.2, 0) is 7.05 Å². The lowest BCUT2D eigenvalue weighted by atomic mass is 10.3. The third-order valence-electron chi connectivity index (χ3n) is 1.48. The Bertz CT molecular complexity index is 293. The summed E-state index contributed by atoms with van der Waals surface area (Å²) in [6.07, 6.45) is 5.03. The molecule has 0 atom stereocenters.